The molecule has 6 aromatic rings. The molecule has 0 amide bonds. The summed E-state index contributed by atoms with van der Waals surface area (Å²) < 4.78 is 13.2. The van der Waals surface area contributed by atoms with Crippen molar-refractivity contribution in [3.8, 4) is 23.0 Å². The molecule has 0 atom stereocenters. The molecule has 0 saturated carbocycles. The van der Waals surface area contributed by atoms with Crippen LogP contribution in [0.4, 0.5) is 11.5 Å². The van der Waals surface area contributed by atoms with Crippen molar-refractivity contribution in [2.24, 2.45) is 0 Å². The zero-order valence-electron chi connectivity index (χ0n) is 18.4. The molecule has 4 heterocycles. The molecule has 0 aliphatic carbocycles. The summed E-state index contributed by atoms with van der Waals surface area (Å²) in [5, 5.41) is 12.0. The largest absolute Gasteiger partial charge is 0.464 e. The van der Waals surface area contributed by atoms with Gasteiger partial charge in [0.05, 0.1) is 11.1 Å². The number of fused-ring (bicyclic) bond motifs is 2. The van der Waals surface area contributed by atoms with E-state index in [2.05, 4.69) is 30.5 Å². The van der Waals surface area contributed by atoms with Gasteiger partial charge in [-0.2, -0.15) is 0 Å². The van der Waals surface area contributed by atoms with Gasteiger partial charge in [-0.15, -0.1) is 10.2 Å². The Morgan fingerprint density at radius 2 is 1.97 bits per heavy atom. The number of nitrogens with one attached hydrogen (secondary N) is 1. The number of hydrogen-bond donors (Lipinski definition) is 1. The Labute approximate surface area is 198 Å². The van der Waals surface area contributed by atoms with E-state index in [1.54, 1.807) is 29.2 Å². The maximum absolute atomic E-state index is 11.0. The molecule has 0 radical (unpaired) electrons. The number of furan rings is 1. The van der Waals surface area contributed by atoms with Crippen LogP contribution in [0.1, 0.15) is 15.9 Å². The predicted molar refractivity (Wildman–Crippen MR) is 128 cm³/mol. The molecule has 0 bridgehead atoms. The van der Waals surface area contributed by atoms with Crippen LogP contribution < -0.4 is 10.1 Å². The maximum atomic E-state index is 11.0. The molecule has 10 heteroatoms. The highest BCUT2D eigenvalue weighted by molar-refractivity contribution is 5.93. The van der Waals surface area contributed by atoms with Crippen molar-refractivity contribution < 1.29 is 13.9 Å². The van der Waals surface area contributed by atoms with Crippen molar-refractivity contribution in [2.75, 3.05) is 5.32 Å². The van der Waals surface area contributed by atoms with Crippen molar-refractivity contribution in [2.45, 2.75) is 6.92 Å². The minimum absolute atomic E-state index is 0.430. The van der Waals surface area contributed by atoms with E-state index >= 15 is 0 Å². The summed E-state index contributed by atoms with van der Waals surface area (Å²) in [6.07, 6.45) is 6.88. The third-order valence-corrected chi connectivity index (χ3v) is 5.49. The molecule has 0 saturated heterocycles. The molecular weight excluding hydrogens is 446 g/mol. The van der Waals surface area contributed by atoms with Gasteiger partial charge < -0.3 is 14.5 Å². The van der Waals surface area contributed by atoms with E-state index in [1.807, 2.05) is 43.3 Å². The number of benzene rings is 2. The fourth-order valence-electron chi connectivity index (χ4n) is 3.73. The predicted octanol–water partition coefficient (Wildman–Crippen LogP) is 4.98. The lowest BCUT2D eigenvalue weighted by atomic mass is 10.1. The number of ether oxygens (including phenoxy) is 1. The highest BCUT2D eigenvalue weighted by Gasteiger charge is 2.11. The number of aromatic nitrogens is 6. The maximum Gasteiger partial charge on any atom is 0.224 e. The first-order valence-electron chi connectivity index (χ1n) is 10.7. The Morgan fingerprint density at radius 1 is 1.03 bits per heavy atom. The number of aryl methyl sites for hydroxylation is 1. The van der Waals surface area contributed by atoms with Crippen LogP contribution in [0.5, 0.6) is 11.6 Å². The Balaban J connectivity index is 1.28. The molecule has 0 spiro atoms. The minimum atomic E-state index is 0.430. The first kappa shape index (κ1) is 20.5. The summed E-state index contributed by atoms with van der Waals surface area (Å²) in [4.78, 5) is 24.1. The van der Waals surface area contributed by atoms with Gasteiger partial charge in [0.1, 0.15) is 42.6 Å². The molecule has 0 aliphatic heterocycles. The zero-order chi connectivity index (χ0) is 23.8. The topological polar surface area (TPSA) is 120 Å². The summed E-state index contributed by atoms with van der Waals surface area (Å²) in [6.45, 7) is 1.95. The molecule has 2 aromatic carbocycles. The molecule has 0 unspecified atom stereocenters. The Bertz CT molecular complexity index is 1710. The molecule has 10 nitrogen and oxygen atoms in total. The monoisotopic (exact) mass is 463 g/mol. The lowest BCUT2D eigenvalue weighted by Gasteiger charge is -2.12. The summed E-state index contributed by atoms with van der Waals surface area (Å²) in [5.74, 6) is 2.34. The second kappa shape index (κ2) is 8.34. The van der Waals surface area contributed by atoms with Crippen molar-refractivity contribution in [1.29, 1.82) is 0 Å². The van der Waals surface area contributed by atoms with Gasteiger partial charge in [-0.25, -0.2) is 15.0 Å². The van der Waals surface area contributed by atoms with Gasteiger partial charge >= 0.3 is 0 Å². The lowest BCUT2D eigenvalue weighted by Crippen LogP contribution is -1.98. The van der Waals surface area contributed by atoms with E-state index in [-0.39, 0.29) is 0 Å². The van der Waals surface area contributed by atoms with Gasteiger partial charge in [-0.3, -0.25) is 9.20 Å². The fourth-order valence-corrected chi connectivity index (χ4v) is 3.73. The van der Waals surface area contributed by atoms with E-state index in [4.69, 9.17) is 9.15 Å². The summed E-state index contributed by atoms with van der Waals surface area (Å²) in [6, 6.07) is 14.9. The molecule has 0 fully saturated rings. The van der Waals surface area contributed by atoms with Gasteiger partial charge in [0.2, 0.25) is 5.88 Å². The Kier molecular flexibility index (Phi) is 4.88. The molecular formula is C25H17N7O3. The quantitative estimate of drug-likeness (QED) is 0.341. The van der Waals surface area contributed by atoms with E-state index < -0.39 is 0 Å². The number of anilines is 2. The van der Waals surface area contributed by atoms with Crippen molar-refractivity contribution in [1.82, 2.24) is 29.5 Å². The number of rotatable bonds is 6. The third-order valence-electron chi connectivity index (χ3n) is 5.49. The highest BCUT2D eigenvalue weighted by atomic mass is 16.5. The van der Waals surface area contributed by atoms with Crippen molar-refractivity contribution in [3.63, 3.8) is 0 Å². The Morgan fingerprint density at radius 3 is 2.83 bits per heavy atom. The number of aldehydes is 1. The van der Waals surface area contributed by atoms with Gasteiger partial charge in [0.25, 0.3) is 0 Å². The number of nitrogens with zero attached hydrogens (tertiary/aromatic N) is 6. The van der Waals surface area contributed by atoms with Crippen LogP contribution >= 0.6 is 0 Å². The van der Waals surface area contributed by atoms with Gasteiger partial charge in [-0.1, -0.05) is 0 Å². The zero-order valence-corrected chi connectivity index (χ0v) is 18.4. The lowest BCUT2D eigenvalue weighted by molar-refractivity contribution is 0.112. The molecule has 35 heavy (non-hydrogen) atoms. The van der Waals surface area contributed by atoms with E-state index in [0.717, 1.165) is 34.0 Å². The van der Waals surface area contributed by atoms with Crippen LogP contribution in [-0.4, -0.2) is 35.8 Å². The van der Waals surface area contributed by atoms with Crippen LogP contribution in [0.3, 0.4) is 0 Å². The SMILES string of the molecule is Cc1cc(Nc2ncnc3ccc(-c4cc(C=O)co4)cc23)ccc1Oc1cc2nncn2cn1. The fraction of sp³-hybridized carbons (Fsp3) is 0.0400. The molecule has 4 aromatic heterocycles. The summed E-state index contributed by atoms with van der Waals surface area (Å²) in [7, 11) is 0. The number of hydrogen-bond acceptors (Lipinski definition) is 9. The molecule has 170 valence electrons. The van der Waals surface area contributed by atoms with Gasteiger partial charge in [0, 0.05) is 22.7 Å². The Hall–Kier alpha value is -5.12. The molecule has 6 rings (SSSR count). The smallest absolute Gasteiger partial charge is 0.224 e. The average molecular weight is 463 g/mol. The summed E-state index contributed by atoms with van der Waals surface area (Å²) >= 11 is 0. The van der Waals surface area contributed by atoms with Gasteiger partial charge in [-0.05, 0) is 55.0 Å². The van der Waals surface area contributed by atoms with Crippen LogP contribution in [0.25, 0.3) is 27.9 Å². The van der Waals surface area contributed by atoms with E-state index in [9.17, 15) is 4.79 Å². The van der Waals surface area contributed by atoms with Crippen LogP contribution in [0.15, 0.2) is 78.2 Å². The summed E-state index contributed by atoms with van der Waals surface area (Å²) in [5.41, 5.74) is 4.48. The van der Waals surface area contributed by atoms with Crippen LogP contribution in [0.2, 0.25) is 0 Å². The highest BCUT2D eigenvalue weighted by Crippen LogP contribution is 2.31. The van der Waals surface area contributed by atoms with Crippen molar-refractivity contribution >= 4 is 34.3 Å². The average Bonchev–Trinajstić information content (AvgIpc) is 3.55. The van der Waals surface area contributed by atoms with Crippen LogP contribution in [-0.2, 0) is 0 Å². The first-order chi connectivity index (χ1) is 17.2. The van der Waals surface area contributed by atoms with Gasteiger partial charge in [0.15, 0.2) is 11.9 Å². The number of carbonyl (C=O) groups is 1. The second-order valence-corrected chi connectivity index (χ2v) is 7.85. The first-order valence-corrected chi connectivity index (χ1v) is 10.7. The minimum Gasteiger partial charge on any atom is -0.464 e. The van der Waals surface area contributed by atoms with E-state index in [0.29, 0.717) is 34.4 Å². The van der Waals surface area contributed by atoms with E-state index in [1.165, 1.54) is 12.6 Å². The van der Waals surface area contributed by atoms with Crippen LogP contribution in [0, 0.1) is 6.92 Å². The molecule has 0 aliphatic rings. The van der Waals surface area contributed by atoms with Crippen molar-refractivity contribution in [3.05, 3.63) is 84.9 Å². The normalized spacial score (nSPS) is 11.1. The molecule has 1 N–H and O–H groups in total. The number of carbonyl (C=O) groups excluding carboxylic acids is 1. The third kappa shape index (κ3) is 3.93. The standard InChI is InChI=1S/C25H17N7O3/c1-15-6-18(3-5-21(15)35-24-9-23-31-29-14-32(23)13-28-24)30-25-19-8-17(2-4-20(19)26-12-27-25)22-7-16(10-33)11-34-22/h2-14H,1H3,(H,26,27,30). The second-order valence-electron chi connectivity index (χ2n) is 7.85.